The molecule has 2 aromatic carbocycles. The van der Waals surface area contributed by atoms with Crippen LogP contribution in [-0.4, -0.2) is 15.5 Å². The van der Waals surface area contributed by atoms with Gasteiger partial charge < -0.3 is 4.74 Å². The molecule has 5 heteroatoms. The minimum atomic E-state index is -3.58. The molecule has 0 aliphatic heterocycles. The summed E-state index contributed by atoms with van der Waals surface area (Å²) in [5.41, 5.74) is 1.02. The van der Waals surface area contributed by atoms with Crippen molar-refractivity contribution in [1.82, 2.24) is 0 Å². The van der Waals surface area contributed by atoms with Gasteiger partial charge in [-0.25, -0.2) is 0 Å². The van der Waals surface area contributed by atoms with Gasteiger partial charge in [-0.15, -0.1) is 0 Å². The van der Waals surface area contributed by atoms with Gasteiger partial charge in [0.15, 0.2) is 12.4 Å². The lowest BCUT2D eigenvalue weighted by Crippen LogP contribution is -2.41. The predicted octanol–water partition coefficient (Wildman–Crippen LogP) is 2.68. The third kappa shape index (κ3) is 2.55. The number of fused-ring (bicyclic) bond motifs is 1. The maximum atomic E-state index is 12.7. The van der Waals surface area contributed by atoms with E-state index in [-0.39, 0.29) is 4.90 Å². The number of aromatic nitrogens is 1. The number of rotatable bonds is 3. The molecule has 3 aromatic rings. The van der Waals surface area contributed by atoms with Crippen LogP contribution in [0.5, 0.6) is 5.75 Å². The summed E-state index contributed by atoms with van der Waals surface area (Å²) in [5, 5.41) is 1.76. The normalized spacial score (nSPS) is 11.5. The Morgan fingerprint density at radius 1 is 0.955 bits per heavy atom. The number of nitrogens with zero attached hydrogens (tertiary/aromatic N) is 1. The fourth-order valence-electron chi connectivity index (χ4n) is 2.26. The Hall–Kier alpha value is -2.40. The van der Waals surface area contributed by atoms with Gasteiger partial charge in [0, 0.05) is 11.5 Å². The van der Waals surface area contributed by atoms with Crippen molar-refractivity contribution in [2.75, 3.05) is 7.11 Å². The lowest BCUT2D eigenvalue weighted by atomic mass is 10.2. The van der Waals surface area contributed by atoms with Crippen molar-refractivity contribution in [2.24, 2.45) is 0 Å². The molecule has 22 heavy (non-hydrogen) atoms. The first-order chi connectivity index (χ1) is 10.5. The van der Waals surface area contributed by atoms with E-state index in [0.717, 1.165) is 22.1 Å². The van der Waals surface area contributed by atoms with Gasteiger partial charge in [0.2, 0.25) is 0 Å². The van der Waals surface area contributed by atoms with Crippen LogP contribution in [0.15, 0.2) is 65.8 Å². The second kappa shape index (κ2) is 5.42. The number of hydrogen-bond acceptors (Lipinski definition) is 3. The van der Waals surface area contributed by atoms with E-state index in [2.05, 4.69) is 0 Å². The highest BCUT2D eigenvalue weighted by Crippen LogP contribution is 2.19. The Balaban J connectivity index is 2.11. The lowest BCUT2D eigenvalue weighted by Gasteiger charge is -2.03. The molecule has 0 aliphatic carbocycles. The molecule has 0 N–H and O–H groups in total. The Kier molecular flexibility index (Phi) is 3.58. The molecule has 0 saturated carbocycles. The monoisotopic (exact) mass is 314 g/mol. The van der Waals surface area contributed by atoms with E-state index in [1.807, 2.05) is 25.1 Å². The molecule has 0 aliphatic rings. The van der Waals surface area contributed by atoms with E-state index in [0.29, 0.717) is 0 Å². The molecule has 0 fully saturated rings. The second-order valence-electron chi connectivity index (χ2n) is 5.09. The summed E-state index contributed by atoms with van der Waals surface area (Å²) in [6, 6.07) is 14.1. The van der Waals surface area contributed by atoms with Crippen LogP contribution in [0, 0.1) is 6.92 Å². The van der Waals surface area contributed by atoms with Crippen LogP contribution in [0.2, 0.25) is 0 Å². The number of pyridine rings is 1. The van der Waals surface area contributed by atoms with Gasteiger partial charge in [0.25, 0.3) is 0 Å². The fourth-order valence-corrected chi connectivity index (χ4v) is 3.45. The van der Waals surface area contributed by atoms with E-state index in [9.17, 15) is 8.42 Å². The molecular formula is C17H16NO3S+. The zero-order chi connectivity index (χ0) is 15.7. The first-order valence-corrected chi connectivity index (χ1v) is 8.26. The van der Waals surface area contributed by atoms with Gasteiger partial charge in [-0.2, -0.15) is 8.42 Å². The lowest BCUT2D eigenvalue weighted by molar-refractivity contribution is -0.509. The van der Waals surface area contributed by atoms with Gasteiger partial charge in [0.05, 0.1) is 7.11 Å². The summed E-state index contributed by atoms with van der Waals surface area (Å²) < 4.78 is 31.7. The number of benzene rings is 2. The zero-order valence-corrected chi connectivity index (χ0v) is 13.2. The van der Waals surface area contributed by atoms with E-state index in [1.54, 1.807) is 49.8 Å². The maximum Gasteiger partial charge on any atom is 0.399 e. The molecule has 4 nitrogen and oxygen atoms in total. The molecule has 1 heterocycles. The minimum absolute atomic E-state index is 0.274. The number of ether oxygens (including phenoxy) is 1. The summed E-state index contributed by atoms with van der Waals surface area (Å²) >= 11 is 0. The van der Waals surface area contributed by atoms with Gasteiger partial charge in [-0.05, 0) is 42.6 Å². The standard InChI is InChI=1S/C17H16NO3S/c1-13-3-7-17(8-4-13)22(19,20)18-10-9-14-11-16(21-2)6-5-15(14)12-18/h3-12H,1-2H3/q+1. The fraction of sp³-hybridized carbons (Fsp3) is 0.118. The molecule has 0 bridgehead atoms. The summed E-state index contributed by atoms with van der Waals surface area (Å²) in [6.07, 6.45) is 3.17. The van der Waals surface area contributed by atoms with Crippen LogP contribution >= 0.6 is 0 Å². The van der Waals surface area contributed by atoms with Gasteiger partial charge in [-0.3, -0.25) is 0 Å². The van der Waals surface area contributed by atoms with Crippen LogP contribution in [0.1, 0.15) is 5.56 Å². The van der Waals surface area contributed by atoms with Crippen molar-refractivity contribution >= 4 is 20.8 Å². The maximum absolute atomic E-state index is 12.7. The van der Waals surface area contributed by atoms with Crippen molar-refractivity contribution in [2.45, 2.75) is 11.8 Å². The first kappa shape index (κ1) is 14.5. The summed E-state index contributed by atoms with van der Waals surface area (Å²) in [4.78, 5) is 0.274. The highest BCUT2D eigenvalue weighted by atomic mass is 32.2. The molecule has 0 unspecified atom stereocenters. The van der Waals surface area contributed by atoms with E-state index in [4.69, 9.17) is 4.74 Å². The topological polar surface area (TPSA) is 47.2 Å². The van der Waals surface area contributed by atoms with Gasteiger partial charge in [-0.1, -0.05) is 21.7 Å². The average molecular weight is 314 g/mol. The van der Waals surface area contributed by atoms with Crippen molar-refractivity contribution in [1.29, 1.82) is 0 Å². The SMILES string of the molecule is COc1ccc2c[n+](S(=O)(=O)c3ccc(C)cc3)ccc2c1. The average Bonchev–Trinajstić information content (AvgIpc) is 2.54. The number of methoxy groups -OCH3 is 1. The van der Waals surface area contributed by atoms with Crippen molar-refractivity contribution in [3.05, 3.63) is 66.5 Å². The van der Waals surface area contributed by atoms with Gasteiger partial charge in [0.1, 0.15) is 10.6 Å². The molecule has 0 spiro atoms. The van der Waals surface area contributed by atoms with Crippen molar-refractivity contribution < 1.29 is 17.1 Å². The van der Waals surface area contributed by atoms with Crippen LogP contribution in [0.3, 0.4) is 0 Å². The van der Waals surface area contributed by atoms with Gasteiger partial charge >= 0.3 is 10.0 Å². The molecule has 0 amide bonds. The number of hydrogen-bond donors (Lipinski definition) is 0. The van der Waals surface area contributed by atoms with Crippen LogP contribution in [0.25, 0.3) is 10.8 Å². The van der Waals surface area contributed by atoms with Crippen LogP contribution < -0.4 is 8.71 Å². The minimum Gasteiger partial charge on any atom is -0.497 e. The Bertz CT molecular complexity index is 932. The van der Waals surface area contributed by atoms with E-state index >= 15 is 0 Å². The largest absolute Gasteiger partial charge is 0.497 e. The Morgan fingerprint density at radius 3 is 2.36 bits per heavy atom. The molecule has 1 aromatic heterocycles. The third-order valence-corrected chi connectivity index (χ3v) is 5.21. The third-order valence-electron chi connectivity index (χ3n) is 3.56. The summed E-state index contributed by atoms with van der Waals surface area (Å²) in [5.74, 6) is 0.742. The van der Waals surface area contributed by atoms with E-state index in [1.165, 1.54) is 3.97 Å². The molecule has 112 valence electrons. The highest BCUT2D eigenvalue weighted by Gasteiger charge is 2.24. The molecular weight excluding hydrogens is 298 g/mol. The number of aryl methyl sites for hydroxylation is 1. The smallest absolute Gasteiger partial charge is 0.399 e. The molecule has 0 atom stereocenters. The predicted molar refractivity (Wildman–Crippen MR) is 84.5 cm³/mol. The van der Waals surface area contributed by atoms with Crippen LogP contribution in [0.4, 0.5) is 0 Å². The summed E-state index contributed by atoms with van der Waals surface area (Å²) in [7, 11) is -1.97. The van der Waals surface area contributed by atoms with Crippen molar-refractivity contribution in [3.8, 4) is 5.75 Å². The molecule has 0 saturated heterocycles. The van der Waals surface area contributed by atoms with Crippen molar-refractivity contribution in [3.63, 3.8) is 0 Å². The second-order valence-corrected chi connectivity index (χ2v) is 6.93. The van der Waals surface area contributed by atoms with Crippen LogP contribution in [-0.2, 0) is 10.0 Å². The highest BCUT2D eigenvalue weighted by molar-refractivity contribution is 7.85. The van der Waals surface area contributed by atoms with E-state index < -0.39 is 10.0 Å². The molecule has 0 radical (unpaired) electrons. The Labute approximate surface area is 129 Å². The molecule has 3 rings (SSSR count). The Morgan fingerprint density at radius 2 is 1.68 bits per heavy atom. The first-order valence-electron chi connectivity index (χ1n) is 6.82. The summed E-state index contributed by atoms with van der Waals surface area (Å²) in [6.45, 7) is 1.92. The zero-order valence-electron chi connectivity index (χ0n) is 12.4. The quantitative estimate of drug-likeness (QED) is 0.698.